The third kappa shape index (κ3) is 5.44. The van der Waals surface area contributed by atoms with Crippen molar-refractivity contribution < 1.29 is 28.2 Å². The second-order valence-electron chi connectivity index (χ2n) is 7.30. The van der Waals surface area contributed by atoms with Gasteiger partial charge in [-0.05, 0) is 36.8 Å². The molecule has 2 N–H and O–H groups in total. The number of benzene rings is 2. The normalized spacial score (nSPS) is 10.7. The second-order valence-corrected chi connectivity index (χ2v) is 8.35. The number of fused-ring (bicyclic) bond motifs is 1. The van der Waals surface area contributed by atoms with Crippen LogP contribution in [0.2, 0.25) is 0 Å². The summed E-state index contributed by atoms with van der Waals surface area (Å²) in [6, 6.07) is 15.1. The minimum absolute atomic E-state index is 0.0264. The molecular formula is C25H19FN2O6S. The maximum absolute atomic E-state index is 13.3. The number of aromatic amines is 1. The number of hydrogen-bond acceptors (Lipinski definition) is 7. The Morgan fingerprint density at radius 1 is 1.00 bits per heavy atom. The standard InChI is InChI=1S/C25H19FN2O6S/c1-2-33-25(32)23-19(12-20(35-23)14-7-9-15(26)10-8-14)28-22(30)13-34-24(31)17-11-21(29)27-18-6-4-3-5-16(17)18/h3-12H,2,13H2,1H3,(H,27,29)(H,28,30). The number of carbonyl (C=O) groups is 3. The molecule has 8 nitrogen and oxygen atoms in total. The number of hydrogen-bond donors (Lipinski definition) is 2. The Morgan fingerprint density at radius 3 is 2.49 bits per heavy atom. The number of ether oxygens (including phenoxy) is 2. The fourth-order valence-electron chi connectivity index (χ4n) is 3.36. The molecule has 0 bridgehead atoms. The smallest absolute Gasteiger partial charge is 0.350 e. The lowest BCUT2D eigenvalue weighted by atomic mass is 10.1. The number of aromatic nitrogens is 1. The average molecular weight is 495 g/mol. The quantitative estimate of drug-likeness (QED) is 0.369. The largest absolute Gasteiger partial charge is 0.462 e. The lowest BCUT2D eigenvalue weighted by molar-refractivity contribution is -0.119. The first-order valence-corrected chi connectivity index (χ1v) is 11.3. The molecule has 0 spiro atoms. The summed E-state index contributed by atoms with van der Waals surface area (Å²) in [4.78, 5) is 52.8. The van der Waals surface area contributed by atoms with Crippen LogP contribution in [0.4, 0.5) is 10.1 Å². The molecule has 0 radical (unpaired) electrons. The molecule has 4 aromatic rings. The van der Waals surface area contributed by atoms with E-state index in [1.165, 1.54) is 12.1 Å². The van der Waals surface area contributed by atoms with E-state index < -0.39 is 35.8 Å². The van der Waals surface area contributed by atoms with E-state index in [9.17, 15) is 23.6 Å². The highest BCUT2D eigenvalue weighted by molar-refractivity contribution is 7.18. The number of nitrogens with one attached hydrogen (secondary N) is 2. The Morgan fingerprint density at radius 2 is 1.74 bits per heavy atom. The van der Waals surface area contributed by atoms with E-state index >= 15 is 0 Å². The van der Waals surface area contributed by atoms with Crippen molar-refractivity contribution in [2.75, 3.05) is 18.5 Å². The summed E-state index contributed by atoms with van der Waals surface area (Å²) in [5.74, 6) is -2.57. The van der Waals surface area contributed by atoms with Gasteiger partial charge < -0.3 is 19.8 Å². The molecule has 0 saturated carbocycles. The Kier molecular flexibility index (Phi) is 7.02. The average Bonchev–Trinajstić information content (AvgIpc) is 3.26. The van der Waals surface area contributed by atoms with Crippen LogP contribution >= 0.6 is 11.3 Å². The minimum atomic E-state index is -0.842. The molecule has 2 heterocycles. The first-order valence-electron chi connectivity index (χ1n) is 10.5. The van der Waals surface area contributed by atoms with Gasteiger partial charge in [0.15, 0.2) is 6.61 Å². The van der Waals surface area contributed by atoms with Crippen molar-refractivity contribution >= 4 is 45.8 Å². The highest BCUT2D eigenvalue weighted by Crippen LogP contribution is 2.35. The highest BCUT2D eigenvalue weighted by Gasteiger charge is 2.21. The maximum atomic E-state index is 13.3. The highest BCUT2D eigenvalue weighted by atomic mass is 32.1. The van der Waals surface area contributed by atoms with Crippen molar-refractivity contribution in [3.05, 3.63) is 87.3 Å². The fraction of sp³-hybridized carbons (Fsp3) is 0.120. The number of amides is 1. The van der Waals surface area contributed by atoms with Crippen LogP contribution in [0.3, 0.4) is 0 Å². The van der Waals surface area contributed by atoms with E-state index in [2.05, 4.69) is 10.3 Å². The molecule has 2 aromatic carbocycles. The zero-order valence-corrected chi connectivity index (χ0v) is 19.2. The molecule has 0 fully saturated rings. The number of esters is 2. The lowest BCUT2D eigenvalue weighted by Gasteiger charge is -2.08. The minimum Gasteiger partial charge on any atom is -0.462 e. The van der Waals surface area contributed by atoms with Crippen LogP contribution in [0, 0.1) is 5.82 Å². The summed E-state index contributed by atoms with van der Waals surface area (Å²) < 4.78 is 23.5. The SMILES string of the molecule is CCOC(=O)c1sc(-c2ccc(F)cc2)cc1NC(=O)COC(=O)c1cc(=O)[nH]c2ccccc12. The third-order valence-electron chi connectivity index (χ3n) is 4.90. The monoisotopic (exact) mass is 494 g/mol. The van der Waals surface area contributed by atoms with Crippen LogP contribution in [0.25, 0.3) is 21.3 Å². The van der Waals surface area contributed by atoms with Crippen LogP contribution in [0.5, 0.6) is 0 Å². The van der Waals surface area contributed by atoms with E-state index in [0.717, 1.165) is 17.4 Å². The second kappa shape index (κ2) is 10.3. The van der Waals surface area contributed by atoms with Crippen molar-refractivity contribution in [2.24, 2.45) is 0 Å². The molecule has 2 aromatic heterocycles. The van der Waals surface area contributed by atoms with Gasteiger partial charge in [0.1, 0.15) is 10.7 Å². The van der Waals surface area contributed by atoms with Gasteiger partial charge in [0.05, 0.1) is 17.9 Å². The van der Waals surface area contributed by atoms with Gasteiger partial charge in [-0.1, -0.05) is 30.3 Å². The number of para-hydroxylation sites is 1. The molecule has 0 aliphatic heterocycles. The van der Waals surface area contributed by atoms with Crippen molar-refractivity contribution in [1.29, 1.82) is 0 Å². The van der Waals surface area contributed by atoms with Crippen LogP contribution in [0.15, 0.2) is 65.5 Å². The number of H-pyrrole nitrogens is 1. The fourth-order valence-corrected chi connectivity index (χ4v) is 4.37. The summed E-state index contributed by atoms with van der Waals surface area (Å²) in [5.41, 5.74) is 0.830. The van der Waals surface area contributed by atoms with E-state index in [-0.39, 0.29) is 22.7 Å². The topological polar surface area (TPSA) is 115 Å². The van der Waals surface area contributed by atoms with E-state index in [0.29, 0.717) is 21.3 Å². The molecule has 178 valence electrons. The first kappa shape index (κ1) is 23.8. The molecule has 0 atom stereocenters. The van der Waals surface area contributed by atoms with Crippen LogP contribution in [-0.2, 0) is 14.3 Å². The number of rotatable bonds is 7. The first-order chi connectivity index (χ1) is 16.9. The van der Waals surface area contributed by atoms with Crippen LogP contribution in [-0.4, -0.2) is 36.0 Å². The Labute approximate surface area is 202 Å². The van der Waals surface area contributed by atoms with Gasteiger partial charge in [-0.2, -0.15) is 0 Å². The molecule has 10 heteroatoms. The number of anilines is 1. The van der Waals surface area contributed by atoms with Gasteiger partial charge in [-0.15, -0.1) is 11.3 Å². The Hall–Kier alpha value is -4.31. The van der Waals surface area contributed by atoms with E-state index in [1.54, 1.807) is 49.4 Å². The third-order valence-corrected chi connectivity index (χ3v) is 6.06. The summed E-state index contributed by atoms with van der Waals surface area (Å²) in [5, 5.41) is 3.03. The van der Waals surface area contributed by atoms with Gasteiger partial charge >= 0.3 is 11.9 Å². The Balaban J connectivity index is 1.51. The number of halogens is 1. The predicted molar refractivity (Wildman–Crippen MR) is 129 cm³/mol. The number of carbonyl (C=O) groups excluding carboxylic acids is 3. The molecule has 0 unspecified atom stereocenters. The molecule has 1 amide bonds. The summed E-state index contributed by atoms with van der Waals surface area (Å²) >= 11 is 1.08. The van der Waals surface area contributed by atoms with Crippen LogP contribution < -0.4 is 10.9 Å². The molecule has 0 saturated heterocycles. The van der Waals surface area contributed by atoms with Gasteiger partial charge in [-0.3, -0.25) is 9.59 Å². The lowest BCUT2D eigenvalue weighted by Crippen LogP contribution is -2.22. The van der Waals surface area contributed by atoms with Crippen LogP contribution in [0.1, 0.15) is 27.0 Å². The predicted octanol–water partition coefficient (Wildman–Crippen LogP) is 4.37. The van der Waals surface area contributed by atoms with Crippen molar-refractivity contribution in [3.8, 4) is 10.4 Å². The van der Waals surface area contributed by atoms with Crippen molar-refractivity contribution in [2.45, 2.75) is 6.92 Å². The van der Waals surface area contributed by atoms with Crippen molar-refractivity contribution in [3.63, 3.8) is 0 Å². The van der Waals surface area contributed by atoms with Crippen molar-refractivity contribution in [1.82, 2.24) is 4.98 Å². The maximum Gasteiger partial charge on any atom is 0.350 e. The van der Waals surface area contributed by atoms with Gasteiger partial charge in [0.25, 0.3) is 5.91 Å². The zero-order chi connectivity index (χ0) is 24.9. The van der Waals surface area contributed by atoms with Gasteiger partial charge in [0.2, 0.25) is 5.56 Å². The molecule has 35 heavy (non-hydrogen) atoms. The number of thiophene rings is 1. The summed E-state index contributed by atoms with van der Waals surface area (Å²) in [6.45, 7) is 1.14. The summed E-state index contributed by atoms with van der Waals surface area (Å²) in [7, 11) is 0. The Bertz CT molecular complexity index is 1480. The number of pyridine rings is 1. The zero-order valence-electron chi connectivity index (χ0n) is 18.4. The molecule has 0 aliphatic carbocycles. The van der Waals surface area contributed by atoms with E-state index in [1.807, 2.05) is 0 Å². The van der Waals surface area contributed by atoms with Gasteiger partial charge in [-0.25, -0.2) is 14.0 Å². The van der Waals surface area contributed by atoms with E-state index in [4.69, 9.17) is 9.47 Å². The molecule has 0 aliphatic rings. The van der Waals surface area contributed by atoms with Gasteiger partial charge in [0, 0.05) is 21.8 Å². The molecular weight excluding hydrogens is 475 g/mol. The molecule has 4 rings (SSSR count). The summed E-state index contributed by atoms with van der Waals surface area (Å²) in [6.07, 6.45) is 0.